The van der Waals surface area contributed by atoms with E-state index in [0.717, 1.165) is 0 Å². The van der Waals surface area contributed by atoms with Crippen LogP contribution < -0.4 is 10.2 Å². The van der Waals surface area contributed by atoms with E-state index >= 15 is 0 Å². The van der Waals surface area contributed by atoms with E-state index in [1.54, 1.807) is 25.1 Å². The molecule has 1 amide bonds. The Labute approximate surface area is 176 Å². The molecule has 0 atom stereocenters. The Hall–Kier alpha value is -3.89. The molecule has 1 aromatic heterocycles. The zero-order chi connectivity index (χ0) is 22.0. The van der Waals surface area contributed by atoms with Crippen LogP contribution >= 0.6 is 0 Å². The first-order valence-corrected chi connectivity index (χ1v) is 9.78. The van der Waals surface area contributed by atoms with Crippen molar-refractivity contribution in [1.29, 1.82) is 0 Å². The predicted octanol–water partition coefficient (Wildman–Crippen LogP) is 2.87. The summed E-state index contributed by atoms with van der Waals surface area (Å²) in [6.07, 6.45) is 1.11. The Bertz CT molecular complexity index is 1130. The van der Waals surface area contributed by atoms with Crippen molar-refractivity contribution in [3.05, 3.63) is 64.2 Å². The Morgan fingerprint density at radius 3 is 2.61 bits per heavy atom. The smallest absolute Gasteiger partial charge is 0.292 e. The number of hydrogen-bond donors (Lipinski definition) is 1. The summed E-state index contributed by atoms with van der Waals surface area (Å²) in [6.45, 7) is 2.71. The van der Waals surface area contributed by atoms with E-state index in [1.165, 1.54) is 28.9 Å². The molecule has 1 aliphatic rings. The Balaban J connectivity index is 1.42. The SMILES string of the molecule is Cc1nnnn1-c1cc(NC(=O)C2CCN(c3ccccc3[N+](=O)[O-])CC2)ccc1F. The molecular weight excluding hydrogens is 405 g/mol. The van der Waals surface area contributed by atoms with Crippen molar-refractivity contribution in [3.63, 3.8) is 0 Å². The minimum atomic E-state index is -0.508. The number of aromatic nitrogens is 4. The lowest BCUT2D eigenvalue weighted by molar-refractivity contribution is -0.384. The number of nitrogens with one attached hydrogen (secondary N) is 1. The number of benzene rings is 2. The van der Waals surface area contributed by atoms with Crippen molar-refractivity contribution in [2.45, 2.75) is 19.8 Å². The molecule has 1 N–H and O–H groups in total. The molecule has 0 radical (unpaired) electrons. The number of nitro benzene ring substituents is 1. The third kappa shape index (κ3) is 4.20. The van der Waals surface area contributed by atoms with E-state index in [4.69, 9.17) is 0 Å². The van der Waals surface area contributed by atoms with Gasteiger partial charge in [-0.15, -0.1) is 5.10 Å². The first-order chi connectivity index (χ1) is 14.9. The third-order valence-electron chi connectivity index (χ3n) is 5.35. The second-order valence-electron chi connectivity index (χ2n) is 7.30. The number of carbonyl (C=O) groups is 1. The molecule has 0 aliphatic carbocycles. The van der Waals surface area contributed by atoms with E-state index in [9.17, 15) is 19.3 Å². The van der Waals surface area contributed by atoms with Crippen molar-refractivity contribution in [2.24, 2.45) is 5.92 Å². The van der Waals surface area contributed by atoms with Gasteiger partial charge in [0.1, 0.15) is 17.2 Å². The minimum Gasteiger partial charge on any atom is -0.366 e. The fourth-order valence-corrected chi connectivity index (χ4v) is 3.72. The lowest BCUT2D eigenvalue weighted by atomic mass is 9.95. The van der Waals surface area contributed by atoms with Crippen LogP contribution in [0.2, 0.25) is 0 Å². The van der Waals surface area contributed by atoms with Gasteiger partial charge in [0.25, 0.3) is 5.69 Å². The van der Waals surface area contributed by atoms with Gasteiger partial charge in [0.2, 0.25) is 5.91 Å². The molecule has 4 rings (SSSR count). The van der Waals surface area contributed by atoms with Crippen LogP contribution in [0, 0.1) is 28.8 Å². The van der Waals surface area contributed by atoms with Gasteiger partial charge in [0.15, 0.2) is 5.82 Å². The second kappa shape index (κ2) is 8.46. The molecular formula is C20H20FN7O3. The summed E-state index contributed by atoms with van der Waals surface area (Å²) in [5, 5.41) is 25.1. The maximum Gasteiger partial charge on any atom is 0.292 e. The molecule has 1 saturated heterocycles. The number of aryl methyl sites for hydroxylation is 1. The highest BCUT2D eigenvalue weighted by Gasteiger charge is 2.28. The Kier molecular flexibility index (Phi) is 5.56. The normalized spacial score (nSPS) is 14.5. The fourth-order valence-electron chi connectivity index (χ4n) is 3.72. The molecule has 0 bridgehead atoms. The molecule has 0 unspecified atom stereocenters. The number of hydrogen-bond acceptors (Lipinski definition) is 7. The van der Waals surface area contributed by atoms with E-state index in [0.29, 0.717) is 43.1 Å². The number of anilines is 2. The van der Waals surface area contributed by atoms with Crippen molar-refractivity contribution < 1.29 is 14.1 Å². The summed E-state index contributed by atoms with van der Waals surface area (Å²) in [5.74, 6) is -0.508. The zero-order valence-electron chi connectivity index (χ0n) is 16.7. The van der Waals surface area contributed by atoms with Gasteiger partial charge in [0, 0.05) is 30.8 Å². The lowest BCUT2D eigenvalue weighted by Crippen LogP contribution is -2.38. The van der Waals surface area contributed by atoms with E-state index in [1.807, 2.05) is 4.90 Å². The van der Waals surface area contributed by atoms with E-state index in [2.05, 4.69) is 20.8 Å². The summed E-state index contributed by atoms with van der Waals surface area (Å²) < 4.78 is 15.5. The van der Waals surface area contributed by atoms with Gasteiger partial charge in [-0.1, -0.05) is 12.1 Å². The molecule has 1 aliphatic heterocycles. The van der Waals surface area contributed by atoms with Crippen LogP contribution in [0.15, 0.2) is 42.5 Å². The van der Waals surface area contributed by atoms with Gasteiger partial charge in [-0.2, -0.15) is 4.68 Å². The van der Waals surface area contributed by atoms with Gasteiger partial charge in [-0.25, -0.2) is 4.39 Å². The van der Waals surface area contributed by atoms with Gasteiger partial charge in [-0.05, 0) is 54.5 Å². The van der Waals surface area contributed by atoms with E-state index < -0.39 is 10.7 Å². The third-order valence-corrected chi connectivity index (χ3v) is 5.35. The largest absolute Gasteiger partial charge is 0.366 e. The van der Waals surface area contributed by atoms with Crippen LogP contribution in [0.25, 0.3) is 5.69 Å². The van der Waals surface area contributed by atoms with Crippen molar-refractivity contribution in [2.75, 3.05) is 23.3 Å². The highest BCUT2D eigenvalue weighted by atomic mass is 19.1. The molecule has 1 fully saturated rings. The summed E-state index contributed by atoms with van der Waals surface area (Å²) in [4.78, 5) is 25.6. The zero-order valence-corrected chi connectivity index (χ0v) is 16.7. The number of nitro groups is 1. The van der Waals surface area contributed by atoms with Gasteiger partial charge in [0.05, 0.1) is 4.92 Å². The minimum absolute atomic E-state index is 0.0575. The monoisotopic (exact) mass is 425 g/mol. The maximum atomic E-state index is 14.2. The number of piperidine rings is 1. The lowest BCUT2D eigenvalue weighted by Gasteiger charge is -2.32. The predicted molar refractivity (Wildman–Crippen MR) is 111 cm³/mol. The number of tetrazole rings is 1. The van der Waals surface area contributed by atoms with Crippen molar-refractivity contribution in [1.82, 2.24) is 20.2 Å². The number of amides is 1. The average Bonchev–Trinajstić information content (AvgIpc) is 3.20. The van der Waals surface area contributed by atoms with Crippen LogP contribution in [0.5, 0.6) is 0 Å². The van der Waals surface area contributed by atoms with Gasteiger partial charge < -0.3 is 10.2 Å². The average molecular weight is 425 g/mol. The van der Waals surface area contributed by atoms with Gasteiger partial charge >= 0.3 is 0 Å². The maximum absolute atomic E-state index is 14.2. The quantitative estimate of drug-likeness (QED) is 0.493. The van der Waals surface area contributed by atoms with Crippen molar-refractivity contribution >= 4 is 23.0 Å². The fraction of sp³-hybridized carbons (Fsp3) is 0.300. The highest BCUT2D eigenvalue weighted by molar-refractivity contribution is 5.93. The van der Waals surface area contributed by atoms with Crippen LogP contribution in [-0.4, -0.2) is 44.1 Å². The first kappa shape index (κ1) is 20.4. The first-order valence-electron chi connectivity index (χ1n) is 9.78. The van der Waals surface area contributed by atoms with Gasteiger partial charge in [-0.3, -0.25) is 14.9 Å². The van der Waals surface area contributed by atoms with E-state index in [-0.39, 0.29) is 23.2 Å². The standard InChI is InChI=1S/C20H20FN7O3/c1-13-23-24-25-27(13)19-12-15(6-7-16(19)21)22-20(29)14-8-10-26(11-9-14)17-4-2-3-5-18(17)28(30)31/h2-7,12,14H,8-11H2,1H3,(H,22,29). The molecule has 11 heteroatoms. The second-order valence-corrected chi connectivity index (χ2v) is 7.30. The number of carbonyl (C=O) groups excluding carboxylic acids is 1. The molecule has 0 saturated carbocycles. The molecule has 2 heterocycles. The number of nitrogens with zero attached hydrogens (tertiary/aromatic N) is 6. The molecule has 3 aromatic rings. The topological polar surface area (TPSA) is 119 Å². The number of para-hydroxylation sites is 2. The Morgan fingerprint density at radius 2 is 1.94 bits per heavy atom. The summed E-state index contributed by atoms with van der Waals surface area (Å²) >= 11 is 0. The number of halogens is 1. The van der Waals surface area contributed by atoms with Crippen LogP contribution in [0.3, 0.4) is 0 Å². The van der Waals surface area contributed by atoms with Crippen molar-refractivity contribution in [3.8, 4) is 5.69 Å². The summed E-state index contributed by atoms with van der Waals surface area (Å²) in [6, 6.07) is 10.8. The molecule has 31 heavy (non-hydrogen) atoms. The summed E-state index contributed by atoms with van der Waals surface area (Å²) in [7, 11) is 0. The highest BCUT2D eigenvalue weighted by Crippen LogP contribution is 2.31. The molecule has 2 aromatic carbocycles. The van der Waals surface area contributed by atoms with Crippen LogP contribution in [0.4, 0.5) is 21.5 Å². The van der Waals surface area contributed by atoms with Crippen LogP contribution in [0.1, 0.15) is 18.7 Å². The van der Waals surface area contributed by atoms with Crippen LogP contribution in [-0.2, 0) is 4.79 Å². The Morgan fingerprint density at radius 1 is 1.19 bits per heavy atom. The molecule has 10 nitrogen and oxygen atoms in total. The molecule has 0 spiro atoms. The number of rotatable bonds is 5. The molecule has 160 valence electrons. The summed E-state index contributed by atoms with van der Waals surface area (Å²) in [5.41, 5.74) is 1.21.